The summed E-state index contributed by atoms with van der Waals surface area (Å²) in [5.41, 5.74) is -0.703. The summed E-state index contributed by atoms with van der Waals surface area (Å²) in [6.07, 6.45) is 9.22. The standard InChI is InChI=1S/C29H50O6/c1-17(2)19(16-25(30)31)7-6-18(3)22-10-11-23-21-9-8-20-12-15-28(32,33)29(34,35)27(20,5)24(21)13-14-26(22,23)4/h17-24,32-35H,6-16H2,1-5H3,(H,30,31)/t18-,19+,20+,21+,22-,23+,24+,26-,27+/m1/s1. The maximum atomic E-state index is 11.3. The van der Waals surface area contributed by atoms with Crippen LogP contribution in [0, 0.1) is 58.2 Å². The van der Waals surface area contributed by atoms with Crippen LogP contribution < -0.4 is 0 Å². The van der Waals surface area contributed by atoms with Gasteiger partial charge in [0.15, 0.2) is 0 Å². The molecule has 4 aliphatic carbocycles. The van der Waals surface area contributed by atoms with Crippen LogP contribution in [-0.2, 0) is 4.79 Å². The van der Waals surface area contributed by atoms with Crippen molar-refractivity contribution >= 4 is 5.97 Å². The maximum absolute atomic E-state index is 11.3. The van der Waals surface area contributed by atoms with Crippen LogP contribution in [0.1, 0.15) is 105 Å². The Morgan fingerprint density at radius 2 is 1.54 bits per heavy atom. The van der Waals surface area contributed by atoms with Crippen molar-refractivity contribution in [2.45, 2.75) is 117 Å². The summed E-state index contributed by atoms with van der Waals surface area (Å²) in [5.74, 6) is -2.83. The van der Waals surface area contributed by atoms with E-state index in [-0.39, 0.29) is 36.0 Å². The fourth-order valence-electron chi connectivity index (χ4n) is 9.95. The number of carbonyl (C=O) groups is 1. The molecule has 0 aromatic carbocycles. The number of fused-ring (bicyclic) bond motifs is 5. The van der Waals surface area contributed by atoms with Crippen LogP contribution in [0.2, 0.25) is 0 Å². The maximum Gasteiger partial charge on any atom is 0.303 e. The number of hydrogen-bond acceptors (Lipinski definition) is 5. The first kappa shape index (κ1) is 27.3. The number of hydrogen-bond donors (Lipinski definition) is 5. The topological polar surface area (TPSA) is 118 Å². The van der Waals surface area contributed by atoms with Gasteiger partial charge < -0.3 is 25.5 Å². The van der Waals surface area contributed by atoms with Crippen LogP contribution in [0.25, 0.3) is 0 Å². The van der Waals surface area contributed by atoms with Gasteiger partial charge in [-0.15, -0.1) is 0 Å². The molecule has 0 unspecified atom stereocenters. The highest BCUT2D eigenvalue weighted by atomic mass is 16.6. The smallest absolute Gasteiger partial charge is 0.303 e. The Bertz CT molecular complexity index is 792. The van der Waals surface area contributed by atoms with Crippen molar-refractivity contribution in [2.24, 2.45) is 58.2 Å². The SMILES string of the molecule is CC(C)[C@@H](CC[C@@H](C)[C@H]1CC[C@H]2[C@@H]3CC[C@H]4CCC(O)(O)C(O)(O)[C@]4(C)[C@H]3CC[C@]12C)CC(=O)O. The second-order valence-corrected chi connectivity index (χ2v) is 13.8. The van der Waals surface area contributed by atoms with E-state index in [1.165, 1.54) is 6.42 Å². The van der Waals surface area contributed by atoms with Crippen LogP contribution in [0.3, 0.4) is 0 Å². The summed E-state index contributed by atoms with van der Waals surface area (Å²) in [6, 6.07) is 0. The predicted molar refractivity (Wildman–Crippen MR) is 134 cm³/mol. The molecule has 5 N–H and O–H groups in total. The zero-order chi connectivity index (χ0) is 26.0. The lowest BCUT2D eigenvalue weighted by atomic mass is 9.42. The minimum Gasteiger partial charge on any atom is -0.481 e. The van der Waals surface area contributed by atoms with E-state index in [1.807, 2.05) is 6.92 Å². The van der Waals surface area contributed by atoms with E-state index < -0.39 is 23.0 Å². The molecule has 0 aromatic rings. The molecule has 0 bridgehead atoms. The van der Waals surface area contributed by atoms with E-state index >= 15 is 0 Å². The van der Waals surface area contributed by atoms with Crippen molar-refractivity contribution < 1.29 is 30.3 Å². The largest absolute Gasteiger partial charge is 0.481 e. The third-order valence-electron chi connectivity index (χ3n) is 12.2. The van der Waals surface area contributed by atoms with Gasteiger partial charge in [0.05, 0.1) is 0 Å². The minimum absolute atomic E-state index is 0.0115. The van der Waals surface area contributed by atoms with Crippen molar-refractivity contribution in [3.05, 3.63) is 0 Å². The fourth-order valence-corrected chi connectivity index (χ4v) is 9.95. The number of rotatable bonds is 7. The summed E-state index contributed by atoms with van der Waals surface area (Å²) < 4.78 is 0. The van der Waals surface area contributed by atoms with Gasteiger partial charge in [0.25, 0.3) is 0 Å². The van der Waals surface area contributed by atoms with Crippen LogP contribution >= 0.6 is 0 Å². The van der Waals surface area contributed by atoms with E-state index in [2.05, 4.69) is 27.7 Å². The third kappa shape index (κ3) is 4.19. The lowest BCUT2D eigenvalue weighted by molar-refractivity contribution is -0.436. The van der Waals surface area contributed by atoms with Crippen molar-refractivity contribution in [3.63, 3.8) is 0 Å². The molecule has 6 nitrogen and oxygen atoms in total. The Morgan fingerprint density at radius 1 is 0.857 bits per heavy atom. The number of aliphatic carboxylic acids is 1. The molecule has 0 amide bonds. The van der Waals surface area contributed by atoms with E-state index in [4.69, 9.17) is 0 Å². The lowest BCUT2D eigenvalue weighted by Crippen LogP contribution is -2.73. The van der Waals surface area contributed by atoms with E-state index in [0.29, 0.717) is 36.0 Å². The van der Waals surface area contributed by atoms with Gasteiger partial charge in [-0.05, 0) is 104 Å². The van der Waals surface area contributed by atoms with Gasteiger partial charge >= 0.3 is 5.97 Å². The quantitative estimate of drug-likeness (QED) is 0.325. The second-order valence-electron chi connectivity index (χ2n) is 13.8. The normalized spacial score (nSPS) is 43.7. The molecule has 202 valence electrons. The Balaban J connectivity index is 1.51. The Kier molecular flexibility index (Phi) is 7.23. The molecule has 0 radical (unpaired) electrons. The number of carboxylic acids is 1. The average Bonchev–Trinajstić information content (AvgIpc) is 3.11. The molecule has 0 spiro atoms. The molecule has 4 fully saturated rings. The van der Waals surface area contributed by atoms with Crippen LogP contribution in [0.15, 0.2) is 0 Å². The van der Waals surface area contributed by atoms with Gasteiger partial charge in [0.1, 0.15) is 0 Å². The summed E-state index contributed by atoms with van der Waals surface area (Å²) in [7, 11) is 0. The number of carboxylic acid groups (broad SMARTS) is 1. The molecule has 0 aliphatic heterocycles. The molecule has 6 heteroatoms. The second kappa shape index (κ2) is 9.25. The molecular weight excluding hydrogens is 444 g/mol. The van der Waals surface area contributed by atoms with Crippen LogP contribution in [0.5, 0.6) is 0 Å². The monoisotopic (exact) mass is 494 g/mol. The highest BCUT2D eigenvalue weighted by Gasteiger charge is 2.71. The first-order chi connectivity index (χ1) is 16.2. The first-order valence-electron chi connectivity index (χ1n) is 14.3. The van der Waals surface area contributed by atoms with Crippen molar-refractivity contribution in [3.8, 4) is 0 Å². The van der Waals surface area contributed by atoms with E-state index in [0.717, 1.165) is 44.9 Å². The van der Waals surface area contributed by atoms with Crippen LogP contribution in [0.4, 0.5) is 0 Å². The van der Waals surface area contributed by atoms with Crippen molar-refractivity contribution in [1.29, 1.82) is 0 Å². The summed E-state index contributed by atoms with van der Waals surface area (Å²) in [5, 5.41) is 52.8. The van der Waals surface area contributed by atoms with Gasteiger partial charge in [0, 0.05) is 18.3 Å². The van der Waals surface area contributed by atoms with Gasteiger partial charge in [-0.25, -0.2) is 0 Å². The Hall–Kier alpha value is -0.690. The summed E-state index contributed by atoms with van der Waals surface area (Å²) in [6.45, 7) is 11.0. The molecule has 35 heavy (non-hydrogen) atoms. The average molecular weight is 495 g/mol. The molecule has 4 aliphatic rings. The molecule has 0 saturated heterocycles. The van der Waals surface area contributed by atoms with Gasteiger partial charge in [-0.3, -0.25) is 4.79 Å². The zero-order valence-corrected chi connectivity index (χ0v) is 22.5. The Morgan fingerprint density at radius 3 is 2.17 bits per heavy atom. The summed E-state index contributed by atoms with van der Waals surface area (Å²) >= 11 is 0. The first-order valence-corrected chi connectivity index (χ1v) is 14.3. The summed E-state index contributed by atoms with van der Waals surface area (Å²) in [4.78, 5) is 11.3. The highest BCUT2D eigenvalue weighted by molar-refractivity contribution is 5.67. The van der Waals surface area contributed by atoms with Crippen LogP contribution in [-0.4, -0.2) is 43.1 Å². The highest BCUT2D eigenvalue weighted by Crippen LogP contribution is 2.70. The van der Waals surface area contributed by atoms with Gasteiger partial charge in [-0.1, -0.05) is 41.0 Å². The van der Waals surface area contributed by atoms with Gasteiger partial charge in [-0.2, -0.15) is 0 Å². The predicted octanol–water partition coefficient (Wildman–Crippen LogP) is 4.78. The third-order valence-corrected chi connectivity index (χ3v) is 12.2. The molecular formula is C29H50O6. The molecule has 4 saturated carbocycles. The molecule has 9 atom stereocenters. The lowest BCUT2D eigenvalue weighted by Gasteiger charge is -2.65. The van der Waals surface area contributed by atoms with Crippen molar-refractivity contribution in [1.82, 2.24) is 0 Å². The molecule has 0 aromatic heterocycles. The zero-order valence-electron chi connectivity index (χ0n) is 22.5. The fraction of sp³-hybridized carbons (Fsp3) is 0.966. The van der Waals surface area contributed by atoms with E-state index in [9.17, 15) is 30.3 Å². The Labute approximate surface area is 211 Å². The number of aliphatic hydroxyl groups is 4. The van der Waals surface area contributed by atoms with Crippen molar-refractivity contribution in [2.75, 3.05) is 0 Å². The van der Waals surface area contributed by atoms with Gasteiger partial charge in [0.2, 0.25) is 11.6 Å². The van der Waals surface area contributed by atoms with E-state index in [1.54, 1.807) is 0 Å². The minimum atomic E-state index is -2.50. The molecule has 0 heterocycles. The molecule has 4 rings (SSSR count).